The maximum atomic E-state index is 11.4. The predicted octanol–water partition coefficient (Wildman–Crippen LogP) is 2.85. The predicted molar refractivity (Wildman–Crippen MR) is 68.4 cm³/mol. The van der Waals surface area contributed by atoms with Crippen LogP contribution in [0.1, 0.15) is 6.92 Å². The second-order valence-electron chi connectivity index (χ2n) is 3.05. The Morgan fingerprint density at radius 2 is 1.94 bits per heavy atom. The Morgan fingerprint density at radius 1 is 1.33 bits per heavy atom. The summed E-state index contributed by atoms with van der Waals surface area (Å²) in [6, 6.07) is 1.23. The van der Waals surface area contributed by atoms with Gasteiger partial charge in [-0.1, -0.05) is 34.8 Å². The van der Waals surface area contributed by atoms with Gasteiger partial charge in [-0.05, 0) is 13.0 Å². The van der Waals surface area contributed by atoms with E-state index < -0.39 is 17.6 Å². The first kappa shape index (κ1) is 14.9. The van der Waals surface area contributed by atoms with Crippen LogP contribution in [-0.2, 0) is 14.3 Å². The van der Waals surface area contributed by atoms with Crippen LogP contribution in [0.2, 0.25) is 15.1 Å². The van der Waals surface area contributed by atoms with Crippen LogP contribution in [0.25, 0.3) is 0 Å². The third-order valence-electron chi connectivity index (χ3n) is 1.85. The number of aromatic hydroxyl groups is 1. The zero-order chi connectivity index (χ0) is 13.9. The molecular weight excluding hydrogens is 304 g/mol. The lowest BCUT2D eigenvalue weighted by Gasteiger charge is -2.10. The summed E-state index contributed by atoms with van der Waals surface area (Å²) in [7, 11) is 0. The Bertz CT molecular complexity index is 504. The quantitative estimate of drug-likeness (QED) is 0.381. The fourth-order valence-corrected chi connectivity index (χ4v) is 1.71. The Morgan fingerprint density at radius 3 is 2.50 bits per heavy atom. The smallest absolute Gasteiger partial charge is 0.397 e. The van der Waals surface area contributed by atoms with E-state index in [0.29, 0.717) is 0 Å². The second kappa shape index (κ2) is 6.13. The van der Waals surface area contributed by atoms with Crippen LogP contribution < -0.4 is 5.32 Å². The molecule has 1 aromatic carbocycles. The van der Waals surface area contributed by atoms with Gasteiger partial charge in [0.05, 0.1) is 16.7 Å². The monoisotopic (exact) mass is 311 g/mol. The van der Waals surface area contributed by atoms with Gasteiger partial charge in [-0.3, -0.25) is 4.79 Å². The minimum Gasteiger partial charge on any atom is -0.504 e. The summed E-state index contributed by atoms with van der Waals surface area (Å²) in [5, 5.41) is 11.5. The first-order chi connectivity index (χ1) is 8.38. The first-order valence-electron chi connectivity index (χ1n) is 4.73. The number of halogens is 3. The topological polar surface area (TPSA) is 75.6 Å². The molecule has 1 aromatic rings. The molecule has 0 aliphatic carbocycles. The molecule has 0 bridgehead atoms. The van der Waals surface area contributed by atoms with Crippen LogP contribution in [0.3, 0.4) is 0 Å². The fourth-order valence-electron chi connectivity index (χ4n) is 1.06. The minimum absolute atomic E-state index is 0.0216. The summed E-state index contributed by atoms with van der Waals surface area (Å²) in [6.45, 7) is 1.60. The van der Waals surface area contributed by atoms with E-state index >= 15 is 0 Å². The van der Waals surface area contributed by atoms with Crippen molar-refractivity contribution in [1.29, 1.82) is 0 Å². The van der Waals surface area contributed by atoms with Crippen molar-refractivity contribution in [2.45, 2.75) is 6.92 Å². The van der Waals surface area contributed by atoms with Crippen LogP contribution in [0.4, 0.5) is 5.69 Å². The number of phenolic OH excluding ortho intramolecular Hbond substituents is 1. The van der Waals surface area contributed by atoms with Gasteiger partial charge in [0.15, 0.2) is 5.75 Å². The van der Waals surface area contributed by atoms with Gasteiger partial charge < -0.3 is 15.2 Å². The van der Waals surface area contributed by atoms with Crippen molar-refractivity contribution in [3.8, 4) is 5.75 Å². The lowest BCUT2D eigenvalue weighted by atomic mass is 10.3. The van der Waals surface area contributed by atoms with Gasteiger partial charge >= 0.3 is 11.9 Å². The molecule has 0 aliphatic rings. The number of carbonyl (C=O) groups excluding carboxylic acids is 2. The molecule has 0 unspecified atom stereocenters. The highest BCUT2D eigenvalue weighted by molar-refractivity contribution is 6.46. The largest absolute Gasteiger partial charge is 0.504 e. The van der Waals surface area contributed by atoms with E-state index in [4.69, 9.17) is 34.8 Å². The number of phenols is 1. The Balaban J connectivity index is 3.02. The van der Waals surface area contributed by atoms with Crippen molar-refractivity contribution in [2.24, 2.45) is 0 Å². The Hall–Kier alpha value is -1.17. The molecular formula is C10H8Cl3NO4. The van der Waals surface area contributed by atoms with Crippen LogP contribution in [0, 0.1) is 0 Å². The number of anilines is 1. The van der Waals surface area contributed by atoms with Crippen molar-refractivity contribution in [2.75, 3.05) is 11.9 Å². The van der Waals surface area contributed by atoms with Gasteiger partial charge in [-0.2, -0.15) is 0 Å². The van der Waals surface area contributed by atoms with Gasteiger partial charge in [0.1, 0.15) is 10.7 Å². The maximum absolute atomic E-state index is 11.4. The van der Waals surface area contributed by atoms with E-state index in [1.54, 1.807) is 6.92 Å². The van der Waals surface area contributed by atoms with Crippen LogP contribution in [0.15, 0.2) is 6.07 Å². The molecule has 0 radical (unpaired) electrons. The van der Waals surface area contributed by atoms with E-state index in [0.717, 1.165) is 0 Å². The molecule has 0 aromatic heterocycles. The highest BCUT2D eigenvalue weighted by Crippen LogP contribution is 2.42. The number of ether oxygens (including phenoxy) is 1. The fraction of sp³-hybridized carbons (Fsp3) is 0.200. The Labute approximate surface area is 118 Å². The van der Waals surface area contributed by atoms with E-state index in [9.17, 15) is 14.7 Å². The third kappa shape index (κ3) is 3.19. The lowest BCUT2D eigenvalue weighted by molar-refractivity contribution is -0.152. The third-order valence-corrected chi connectivity index (χ3v) is 2.92. The molecule has 1 amide bonds. The molecule has 1 rings (SSSR count). The van der Waals surface area contributed by atoms with Crippen LogP contribution in [-0.4, -0.2) is 23.6 Å². The van der Waals surface area contributed by atoms with Crippen LogP contribution >= 0.6 is 34.8 Å². The molecule has 2 N–H and O–H groups in total. The summed E-state index contributed by atoms with van der Waals surface area (Å²) >= 11 is 17.1. The maximum Gasteiger partial charge on any atom is 0.397 e. The molecule has 0 fully saturated rings. The average molecular weight is 313 g/mol. The van der Waals surface area contributed by atoms with Gasteiger partial charge in [0.25, 0.3) is 0 Å². The molecule has 18 heavy (non-hydrogen) atoms. The normalized spacial score (nSPS) is 10.0. The van der Waals surface area contributed by atoms with Gasteiger partial charge in [-0.15, -0.1) is 0 Å². The molecule has 0 spiro atoms. The van der Waals surface area contributed by atoms with Crippen molar-refractivity contribution in [3.05, 3.63) is 21.1 Å². The average Bonchev–Trinajstić information content (AvgIpc) is 2.32. The molecule has 8 heteroatoms. The first-order valence-corrected chi connectivity index (χ1v) is 5.86. The Kier molecular flexibility index (Phi) is 5.07. The number of benzene rings is 1. The van der Waals surface area contributed by atoms with Gasteiger partial charge in [-0.25, -0.2) is 4.79 Å². The lowest BCUT2D eigenvalue weighted by Crippen LogP contribution is -2.25. The highest BCUT2D eigenvalue weighted by atomic mass is 35.5. The molecule has 0 aliphatic heterocycles. The summed E-state index contributed by atoms with van der Waals surface area (Å²) in [4.78, 5) is 22.5. The van der Waals surface area contributed by atoms with E-state index in [-0.39, 0.29) is 27.4 Å². The number of nitrogens with one attached hydrogen (secondary N) is 1. The van der Waals surface area contributed by atoms with E-state index in [1.165, 1.54) is 6.07 Å². The number of carbonyl (C=O) groups is 2. The van der Waals surface area contributed by atoms with Gasteiger partial charge in [0, 0.05) is 0 Å². The molecule has 0 heterocycles. The second-order valence-corrected chi connectivity index (χ2v) is 4.24. The van der Waals surface area contributed by atoms with Crippen molar-refractivity contribution in [3.63, 3.8) is 0 Å². The minimum atomic E-state index is -1.10. The summed E-state index contributed by atoms with van der Waals surface area (Å²) < 4.78 is 4.47. The van der Waals surface area contributed by atoms with E-state index in [1.807, 2.05) is 0 Å². The van der Waals surface area contributed by atoms with E-state index in [2.05, 4.69) is 10.1 Å². The van der Waals surface area contributed by atoms with Crippen LogP contribution in [0.5, 0.6) is 5.75 Å². The van der Waals surface area contributed by atoms with Gasteiger partial charge in [0.2, 0.25) is 0 Å². The molecule has 98 valence electrons. The molecule has 0 saturated carbocycles. The standard InChI is InChI=1S/C10H8Cl3NO4/c1-2-18-10(17)9(16)14-7-5(12)3-4(11)6(13)8(7)15/h3,15H,2H2,1H3,(H,14,16). The SMILES string of the molecule is CCOC(=O)C(=O)Nc1c(Cl)cc(Cl)c(Cl)c1O. The van der Waals surface area contributed by atoms with Crippen molar-refractivity contribution < 1.29 is 19.4 Å². The molecule has 0 atom stereocenters. The number of hydrogen-bond donors (Lipinski definition) is 2. The number of amides is 1. The molecule has 0 saturated heterocycles. The summed E-state index contributed by atoms with van der Waals surface area (Å²) in [5.41, 5.74) is -0.205. The summed E-state index contributed by atoms with van der Waals surface area (Å²) in [6.07, 6.45) is 0. The summed E-state index contributed by atoms with van der Waals surface area (Å²) in [5.74, 6) is -2.70. The number of hydrogen-bond acceptors (Lipinski definition) is 4. The highest BCUT2D eigenvalue weighted by Gasteiger charge is 2.21. The van der Waals surface area contributed by atoms with Crippen molar-refractivity contribution in [1.82, 2.24) is 0 Å². The number of esters is 1. The number of rotatable bonds is 2. The molecule has 5 nitrogen and oxygen atoms in total. The zero-order valence-corrected chi connectivity index (χ0v) is 11.4. The zero-order valence-electron chi connectivity index (χ0n) is 9.09. The van der Waals surface area contributed by atoms with Crippen molar-refractivity contribution >= 4 is 52.4 Å².